The van der Waals surface area contributed by atoms with Gasteiger partial charge in [0.25, 0.3) is 0 Å². The molecule has 2 aromatic carbocycles. The summed E-state index contributed by atoms with van der Waals surface area (Å²) < 4.78 is 0. The van der Waals surface area contributed by atoms with Crippen molar-refractivity contribution in [2.75, 3.05) is 18.4 Å². The summed E-state index contributed by atoms with van der Waals surface area (Å²) in [6.45, 7) is 2.53. The first-order valence-corrected chi connectivity index (χ1v) is 8.39. The summed E-state index contributed by atoms with van der Waals surface area (Å²) in [6, 6.07) is 16.5. The van der Waals surface area contributed by atoms with Crippen LogP contribution in [0.3, 0.4) is 0 Å². The number of rotatable bonds is 9. The van der Waals surface area contributed by atoms with Crippen LogP contribution >= 0.6 is 0 Å². The zero-order valence-electron chi connectivity index (χ0n) is 14.8. The molecule has 0 aliphatic carbocycles. The second-order valence-electron chi connectivity index (χ2n) is 6.10. The Morgan fingerprint density at radius 3 is 2.42 bits per heavy atom. The molecule has 26 heavy (non-hydrogen) atoms. The summed E-state index contributed by atoms with van der Waals surface area (Å²) in [6.07, 6.45) is 0.180. The van der Waals surface area contributed by atoms with Crippen LogP contribution in [0.2, 0.25) is 0 Å². The van der Waals surface area contributed by atoms with E-state index in [1.807, 2.05) is 35.2 Å². The van der Waals surface area contributed by atoms with Crippen LogP contribution in [0.4, 0.5) is 5.69 Å². The lowest BCUT2D eigenvalue weighted by atomic mass is 10.1. The maximum absolute atomic E-state index is 12.4. The van der Waals surface area contributed by atoms with Crippen LogP contribution in [-0.4, -0.2) is 35.6 Å². The fraction of sp³-hybridized carbons (Fsp3) is 0.250. The van der Waals surface area contributed by atoms with Gasteiger partial charge in [-0.25, -0.2) is 0 Å². The number of carbonyl (C=O) groups excluding carboxylic acids is 3. The van der Waals surface area contributed by atoms with E-state index in [-0.39, 0.29) is 24.7 Å². The van der Waals surface area contributed by atoms with E-state index in [4.69, 9.17) is 5.73 Å². The van der Waals surface area contributed by atoms with Gasteiger partial charge in [-0.1, -0.05) is 42.5 Å². The highest BCUT2D eigenvalue weighted by Gasteiger charge is 2.13. The number of nitrogens with zero attached hydrogens (tertiary/aromatic N) is 1. The van der Waals surface area contributed by atoms with Crippen LogP contribution in [0, 0.1) is 0 Å². The Morgan fingerprint density at radius 1 is 1.04 bits per heavy atom. The Morgan fingerprint density at radius 2 is 1.77 bits per heavy atom. The van der Waals surface area contributed by atoms with Crippen LogP contribution in [0.5, 0.6) is 0 Å². The summed E-state index contributed by atoms with van der Waals surface area (Å²) in [5, 5.41) is 2.79. The number of nitrogens with one attached hydrogen (secondary N) is 1. The largest absolute Gasteiger partial charge is 0.370 e. The minimum Gasteiger partial charge on any atom is -0.370 e. The number of hydrogen-bond donors (Lipinski definition) is 2. The number of ketones is 1. The van der Waals surface area contributed by atoms with Crippen molar-refractivity contribution < 1.29 is 14.4 Å². The van der Waals surface area contributed by atoms with Gasteiger partial charge in [0.1, 0.15) is 0 Å². The molecule has 0 fully saturated rings. The van der Waals surface area contributed by atoms with Gasteiger partial charge >= 0.3 is 0 Å². The summed E-state index contributed by atoms with van der Waals surface area (Å²) in [4.78, 5) is 36.8. The van der Waals surface area contributed by atoms with E-state index < -0.39 is 5.91 Å². The van der Waals surface area contributed by atoms with Crippen molar-refractivity contribution in [3.63, 3.8) is 0 Å². The lowest BCUT2D eigenvalue weighted by Crippen LogP contribution is -2.35. The molecule has 0 heterocycles. The van der Waals surface area contributed by atoms with Gasteiger partial charge in [-0.05, 0) is 24.6 Å². The van der Waals surface area contributed by atoms with Crippen LogP contribution in [0.15, 0.2) is 54.6 Å². The lowest BCUT2D eigenvalue weighted by molar-refractivity contribution is -0.120. The third kappa shape index (κ3) is 6.49. The molecule has 2 aromatic rings. The van der Waals surface area contributed by atoms with Gasteiger partial charge in [0.05, 0.1) is 6.54 Å². The highest BCUT2D eigenvalue weighted by molar-refractivity contribution is 5.97. The Labute approximate surface area is 153 Å². The van der Waals surface area contributed by atoms with Crippen molar-refractivity contribution in [2.24, 2.45) is 5.73 Å². The highest BCUT2D eigenvalue weighted by atomic mass is 16.2. The number of hydrogen-bond acceptors (Lipinski definition) is 4. The van der Waals surface area contributed by atoms with Gasteiger partial charge in [-0.15, -0.1) is 0 Å². The molecule has 2 amide bonds. The standard InChI is InChI=1S/C20H23N3O3/c1-15(24)17-8-5-9-18(12-17)22-20(26)14-23(11-10-19(21)25)13-16-6-3-2-4-7-16/h2-9,12H,10-11,13-14H2,1H3,(H2,21,25)(H,22,26). The molecule has 0 saturated carbocycles. The maximum Gasteiger partial charge on any atom is 0.238 e. The van der Waals surface area contributed by atoms with E-state index in [2.05, 4.69) is 5.32 Å². The minimum absolute atomic E-state index is 0.0618. The third-order valence-electron chi connectivity index (χ3n) is 3.84. The highest BCUT2D eigenvalue weighted by Crippen LogP contribution is 2.12. The number of amides is 2. The van der Waals surface area contributed by atoms with E-state index in [0.29, 0.717) is 24.3 Å². The Bertz CT molecular complexity index is 775. The van der Waals surface area contributed by atoms with Gasteiger partial charge in [-0.2, -0.15) is 0 Å². The normalized spacial score (nSPS) is 10.5. The van der Waals surface area contributed by atoms with Crippen molar-refractivity contribution >= 4 is 23.3 Å². The SMILES string of the molecule is CC(=O)c1cccc(NC(=O)CN(CCC(N)=O)Cc2ccccc2)c1. The van der Waals surface area contributed by atoms with Crippen LogP contribution < -0.4 is 11.1 Å². The van der Waals surface area contributed by atoms with Gasteiger partial charge in [0.15, 0.2) is 5.78 Å². The number of primary amides is 1. The fourth-order valence-corrected chi connectivity index (χ4v) is 2.54. The summed E-state index contributed by atoms with van der Waals surface area (Å²) in [7, 11) is 0. The summed E-state index contributed by atoms with van der Waals surface area (Å²) in [5.74, 6) is -0.683. The fourth-order valence-electron chi connectivity index (χ4n) is 2.54. The third-order valence-corrected chi connectivity index (χ3v) is 3.84. The molecule has 0 aliphatic heterocycles. The van der Waals surface area contributed by atoms with Gasteiger partial charge in [0, 0.05) is 30.8 Å². The second kappa shape index (κ2) is 9.48. The molecule has 0 radical (unpaired) electrons. The first kappa shape index (κ1) is 19.3. The number of Topliss-reactive ketones (excluding diaryl/α,β-unsaturated/α-hetero) is 1. The molecular weight excluding hydrogens is 330 g/mol. The van der Waals surface area contributed by atoms with E-state index in [1.54, 1.807) is 24.3 Å². The molecule has 0 saturated heterocycles. The Kier molecular flexibility index (Phi) is 7.05. The molecule has 0 aromatic heterocycles. The smallest absolute Gasteiger partial charge is 0.238 e. The van der Waals surface area contributed by atoms with E-state index in [9.17, 15) is 14.4 Å². The molecule has 0 bridgehead atoms. The van der Waals surface area contributed by atoms with Crippen molar-refractivity contribution in [3.05, 3.63) is 65.7 Å². The molecule has 6 nitrogen and oxygen atoms in total. The second-order valence-corrected chi connectivity index (χ2v) is 6.10. The number of benzene rings is 2. The summed E-state index contributed by atoms with van der Waals surface area (Å²) in [5.41, 5.74) is 7.39. The van der Waals surface area contributed by atoms with E-state index in [1.165, 1.54) is 6.92 Å². The van der Waals surface area contributed by atoms with Gasteiger partial charge in [0.2, 0.25) is 11.8 Å². The minimum atomic E-state index is -0.405. The zero-order valence-corrected chi connectivity index (χ0v) is 14.8. The quantitative estimate of drug-likeness (QED) is 0.676. The lowest BCUT2D eigenvalue weighted by Gasteiger charge is -2.21. The first-order chi connectivity index (χ1) is 12.4. The number of carbonyl (C=O) groups is 3. The predicted octanol–water partition coefficient (Wildman–Crippen LogP) is 2.21. The molecule has 0 aliphatic rings. The van der Waals surface area contributed by atoms with E-state index >= 15 is 0 Å². The zero-order chi connectivity index (χ0) is 18.9. The van der Waals surface area contributed by atoms with Crippen molar-refractivity contribution in [1.29, 1.82) is 0 Å². The molecule has 0 atom stereocenters. The molecule has 3 N–H and O–H groups in total. The number of nitrogens with two attached hydrogens (primary N) is 1. The first-order valence-electron chi connectivity index (χ1n) is 8.39. The maximum atomic E-state index is 12.4. The van der Waals surface area contributed by atoms with Crippen molar-refractivity contribution in [2.45, 2.75) is 19.9 Å². The average molecular weight is 353 g/mol. The van der Waals surface area contributed by atoms with Crippen LogP contribution in [0.25, 0.3) is 0 Å². The molecular formula is C20H23N3O3. The molecule has 2 rings (SSSR count). The molecule has 6 heteroatoms. The number of anilines is 1. The average Bonchev–Trinajstić information content (AvgIpc) is 2.60. The van der Waals surface area contributed by atoms with Gasteiger partial charge in [-0.3, -0.25) is 19.3 Å². The summed E-state index contributed by atoms with van der Waals surface area (Å²) >= 11 is 0. The molecule has 136 valence electrons. The Hall–Kier alpha value is -2.99. The van der Waals surface area contributed by atoms with Crippen molar-refractivity contribution in [1.82, 2.24) is 4.90 Å². The predicted molar refractivity (Wildman–Crippen MR) is 101 cm³/mol. The molecule has 0 spiro atoms. The topological polar surface area (TPSA) is 92.5 Å². The molecule has 0 unspecified atom stereocenters. The monoisotopic (exact) mass is 353 g/mol. The van der Waals surface area contributed by atoms with Crippen LogP contribution in [0.1, 0.15) is 29.3 Å². The van der Waals surface area contributed by atoms with Gasteiger partial charge < -0.3 is 11.1 Å². The Balaban J connectivity index is 2.01. The van der Waals surface area contributed by atoms with Crippen molar-refractivity contribution in [3.8, 4) is 0 Å². The van der Waals surface area contributed by atoms with E-state index in [0.717, 1.165) is 5.56 Å². The van der Waals surface area contributed by atoms with Crippen LogP contribution in [-0.2, 0) is 16.1 Å².